The van der Waals surface area contributed by atoms with E-state index in [4.69, 9.17) is 0 Å². The predicted molar refractivity (Wildman–Crippen MR) is 79.0 cm³/mol. The summed E-state index contributed by atoms with van der Waals surface area (Å²) in [4.78, 5) is 6.01. The highest BCUT2D eigenvalue weighted by Crippen LogP contribution is 2.21. The van der Waals surface area contributed by atoms with E-state index in [-0.39, 0.29) is 12.3 Å². The van der Waals surface area contributed by atoms with Gasteiger partial charge in [0.15, 0.2) is 12.3 Å². The molecule has 0 aliphatic heterocycles. The molecule has 2 aromatic rings. The summed E-state index contributed by atoms with van der Waals surface area (Å²) in [7, 11) is 1.98. The lowest BCUT2D eigenvalue weighted by Gasteiger charge is -2.20. The Bertz CT molecular complexity index is 529. The van der Waals surface area contributed by atoms with Gasteiger partial charge in [0.2, 0.25) is 0 Å². The molecule has 19 heavy (non-hydrogen) atoms. The van der Waals surface area contributed by atoms with E-state index < -0.39 is 0 Å². The van der Waals surface area contributed by atoms with Crippen LogP contribution in [0.4, 0.5) is 15.3 Å². The SMILES string of the molecule is CCNc1cccc(N(C)Cc2cncn2SF)c1. The largest absolute Gasteiger partial charge is 0.385 e. The van der Waals surface area contributed by atoms with Crippen molar-refractivity contribution in [3.05, 3.63) is 42.5 Å². The van der Waals surface area contributed by atoms with Crippen LogP contribution in [0.25, 0.3) is 0 Å². The summed E-state index contributed by atoms with van der Waals surface area (Å²) in [6, 6.07) is 8.14. The first-order valence-corrected chi connectivity index (χ1v) is 6.77. The molecule has 0 spiro atoms. The van der Waals surface area contributed by atoms with Crippen LogP contribution in [0.5, 0.6) is 0 Å². The zero-order valence-electron chi connectivity index (χ0n) is 11.0. The van der Waals surface area contributed by atoms with Gasteiger partial charge in [0.05, 0.1) is 18.4 Å². The highest BCUT2D eigenvalue weighted by Gasteiger charge is 2.08. The maximum atomic E-state index is 12.6. The molecule has 0 aliphatic rings. The van der Waals surface area contributed by atoms with Crippen molar-refractivity contribution in [2.24, 2.45) is 0 Å². The zero-order valence-corrected chi connectivity index (χ0v) is 11.8. The van der Waals surface area contributed by atoms with Crippen molar-refractivity contribution in [3.63, 3.8) is 0 Å². The van der Waals surface area contributed by atoms with Crippen LogP contribution in [-0.2, 0) is 6.54 Å². The third kappa shape index (κ3) is 3.41. The molecule has 0 atom stereocenters. The molecule has 1 heterocycles. The molecule has 0 saturated heterocycles. The number of anilines is 2. The second kappa shape index (κ2) is 6.47. The molecular formula is C13H17FN4S. The maximum absolute atomic E-state index is 12.6. The van der Waals surface area contributed by atoms with Gasteiger partial charge >= 0.3 is 0 Å². The Balaban J connectivity index is 2.11. The van der Waals surface area contributed by atoms with E-state index in [0.29, 0.717) is 6.54 Å². The maximum Gasteiger partial charge on any atom is 0.170 e. The lowest BCUT2D eigenvalue weighted by atomic mass is 10.2. The van der Waals surface area contributed by atoms with E-state index in [1.807, 2.05) is 25.2 Å². The van der Waals surface area contributed by atoms with E-state index in [2.05, 4.69) is 28.2 Å². The Morgan fingerprint density at radius 2 is 2.32 bits per heavy atom. The van der Waals surface area contributed by atoms with Crippen LogP contribution in [0.3, 0.4) is 0 Å². The van der Waals surface area contributed by atoms with Gasteiger partial charge in [0.25, 0.3) is 0 Å². The molecule has 1 aromatic heterocycles. The van der Waals surface area contributed by atoms with E-state index in [0.717, 1.165) is 23.6 Å². The molecule has 0 radical (unpaired) electrons. The Morgan fingerprint density at radius 3 is 3.05 bits per heavy atom. The second-order valence-electron chi connectivity index (χ2n) is 4.22. The topological polar surface area (TPSA) is 33.1 Å². The van der Waals surface area contributed by atoms with Gasteiger partial charge in [-0.25, -0.2) is 8.96 Å². The minimum Gasteiger partial charge on any atom is -0.385 e. The molecule has 1 aromatic carbocycles. The monoisotopic (exact) mass is 280 g/mol. The fourth-order valence-electron chi connectivity index (χ4n) is 1.88. The number of hydrogen-bond donors (Lipinski definition) is 1. The molecule has 6 heteroatoms. The minimum absolute atomic E-state index is 0.166. The normalized spacial score (nSPS) is 10.5. The first-order chi connectivity index (χ1) is 9.24. The number of nitrogens with one attached hydrogen (secondary N) is 1. The van der Waals surface area contributed by atoms with Gasteiger partial charge in [0.1, 0.15) is 6.33 Å². The third-order valence-electron chi connectivity index (χ3n) is 2.82. The highest BCUT2D eigenvalue weighted by molar-refractivity contribution is 7.92. The van der Waals surface area contributed by atoms with Crippen LogP contribution in [0.2, 0.25) is 0 Å². The summed E-state index contributed by atoms with van der Waals surface area (Å²) >= 11 is 0.166. The molecule has 4 nitrogen and oxygen atoms in total. The van der Waals surface area contributed by atoms with Crippen molar-refractivity contribution in [2.75, 3.05) is 23.8 Å². The van der Waals surface area contributed by atoms with Crippen LogP contribution in [-0.4, -0.2) is 22.5 Å². The summed E-state index contributed by atoms with van der Waals surface area (Å²) in [6.45, 7) is 3.55. The third-order valence-corrected chi connectivity index (χ3v) is 3.30. The standard InChI is InChI=1S/C13H17FN4S/c1-3-16-11-5-4-6-12(7-11)17(2)9-13-8-15-10-18(13)19-14/h4-8,10,16H,3,9H2,1-2H3. The van der Waals surface area contributed by atoms with Crippen LogP contribution in [0.1, 0.15) is 12.6 Å². The number of nitrogens with zero attached hydrogens (tertiary/aromatic N) is 3. The number of aromatic nitrogens is 2. The van der Waals surface area contributed by atoms with E-state index in [9.17, 15) is 3.89 Å². The average molecular weight is 280 g/mol. The number of benzene rings is 1. The first-order valence-electron chi connectivity index (χ1n) is 6.10. The molecule has 1 N–H and O–H groups in total. The molecule has 0 unspecified atom stereocenters. The molecule has 2 rings (SSSR count). The molecule has 0 aliphatic carbocycles. The van der Waals surface area contributed by atoms with Crippen molar-refractivity contribution < 1.29 is 3.89 Å². The highest BCUT2D eigenvalue weighted by atomic mass is 32.2. The predicted octanol–water partition coefficient (Wildman–Crippen LogP) is 3.33. The fourth-order valence-corrected chi connectivity index (χ4v) is 2.16. The molecular weight excluding hydrogens is 263 g/mol. The van der Waals surface area contributed by atoms with Crippen molar-refractivity contribution in [1.29, 1.82) is 0 Å². The van der Waals surface area contributed by atoms with Gasteiger partial charge in [-0.05, 0) is 25.1 Å². The first kappa shape index (κ1) is 13.7. The molecule has 0 amide bonds. The van der Waals surface area contributed by atoms with Crippen LogP contribution in [0, 0.1) is 0 Å². The zero-order chi connectivity index (χ0) is 13.7. The number of hydrogen-bond acceptors (Lipinski definition) is 4. The van der Waals surface area contributed by atoms with Crippen molar-refractivity contribution in [3.8, 4) is 0 Å². The van der Waals surface area contributed by atoms with E-state index in [1.54, 1.807) is 6.20 Å². The Labute approximate surface area is 117 Å². The molecule has 102 valence electrons. The van der Waals surface area contributed by atoms with Gasteiger partial charge < -0.3 is 10.2 Å². The van der Waals surface area contributed by atoms with Crippen molar-refractivity contribution in [2.45, 2.75) is 13.5 Å². The van der Waals surface area contributed by atoms with Gasteiger partial charge in [-0.2, -0.15) is 0 Å². The quantitative estimate of drug-likeness (QED) is 0.880. The summed E-state index contributed by atoms with van der Waals surface area (Å²) in [5.41, 5.74) is 2.99. The summed E-state index contributed by atoms with van der Waals surface area (Å²) in [5.74, 6) is 0. The molecule has 0 bridgehead atoms. The lowest BCUT2D eigenvalue weighted by molar-refractivity contribution is 0.856. The Kier molecular flexibility index (Phi) is 4.68. The Morgan fingerprint density at radius 1 is 1.47 bits per heavy atom. The van der Waals surface area contributed by atoms with Crippen LogP contribution < -0.4 is 10.2 Å². The Hall–Kier alpha value is -1.69. The van der Waals surface area contributed by atoms with E-state index >= 15 is 0 Å². The smallest absolute Gasteiger partial charge is 0.170 e. The van der Waals surface area contributed by atoms with Gasteiger partial charge in [0, 0.05) is 25.0 Å². The number of rotatable bonds is 6. The van der Waals surface area contributed by atoms with Gasteiger partial charge in [-0.1, -0.05) is 6.07 Å². The average Bonchev–Trinajstić information content (AvgIpc) is 2.86. The molecule has 0 fully saturated rings. The molecule has 0 saturated carbocycles. The second-order valence-corrected chi connectivity index (χ2v) is 4.75. The van der Waals surface area contributed by atoms with Gasteiger partial charge in [-0.15, -0.1) is 3.89 Å². The minimum atomic E-state index is 0.166. The number of halogens is 1. The van der Waals surface area contributed by atoms with Crippen molar-refractivity contribution >= 4 is 23.7 Å². The van der Waals surface area contributed by atoms with Crippen molar-refractivity contribution in [1.82, 2.24) is 8.96 Å². The van der Waals surface area contributed by atoms with Crippen LogP contribution >= 0.6 is 12.3 Å². The summed E-state index contributed by atoms with van der Waals surface area (Å²) in [6.07, 6.45) is 3.15. The van der Waals surface area contributed by atoms with Crippen LogP contribution in [0.15, 0.2) is 36.8 Å². The summed E-state index contributed by atoms with van der Waals surface area (Å²) < 4.78 is 14.1. The lowest BCUT2D eigenvalue weighted by Crippen LogP contribution is -2.17. The van der Waals surface area contributed by atoms with Gasteiger partial charge in [-0.3, -0.25) is 0 Å². The summed E-state index contributed by atoms with van der Waals surface area (Å²) in [5, 5.41) is 3.28. The number of imidazole rings is 1. The van der Waals surface area contributed by atoms with E-state index in [1.165, 1.54) is 10.3 Å². The fraction of sp³-hybridized carbons (Fsp3) is 0.308.